The van der Waals surface area contributed by atoms with Gasteiger partial charge in [0.2, 0.25) is 0 Å². The number of rotatable bonds is 7. The number of aryl methyl sites for hydroxylation is 1. The molecule has 0 aliphatic rings. The minimum absolute atomic E-state index is 0.0404. The summed E-state index contributed by atoms with van der Waals surface area (Å²) in [6.45, 7) is 3.05. The van der Waals surface area contributed by atoms with Crippen LogP contribution in [0.4, 0.5) is 11.5 Å². The normalized spacial score (nSPS) is 12.3. The van der Waals surface area contributed by atoms with E-state index in [9.17, 15) is 18.0 Å². The molecule has 0 bridgehead atoms. The van der Waals surface area contributed by atoms with Crippen molar-refractivity contribution >= 4 is 44.5 Å². The molecule has 0 aliphatic carbocycles. The first kappa shape index (κ1) is 22.0. The molecule has 1 atom stereocenters. The molecule has 0 saturated carbocycles. The van der Waals surface area contributed by atoms with Gasteiger partial charge in [0.05, 0.1) is 10.5 Å². The number of sulfonamides is 1. The highest BCUT2D eigenvalue weighted by Crippen LogP contribution is 2.20. The molecule has 0 saturated heterocycles. The zero-order valence-electron chi connectivity index (χ0n) is 17.4. The molecule has 11 nitrogen and oxygen atoms in total. The third-order valence-corrected chi connectivity index (χ3v) is 5.90. The molecule has 0 spiro atoms. The summed E-state index contributed by atoms with van der Waals surface area (Å²) in [6.07, 6.45) is 0.0871. The number of benzene rings is 2. The third-order valence-electron chi connectivity index (χ3n) is 4.53. The van der Waals surface area contributed by atoms with Gasteiger partial charge < -0.3 is 19.0 Å². The number of carbonyl (C=O) groups excluding carboxylic acids is 2. The molecule has 2 aromatic heterocycles. The van der Waals surface area contributed by atoms with Gasteiger partial charge in [-0.25, -0.2) is 18.2 Å². The number of nitrogens with zero attached hydrogens (tertiary/aromatic N) is 2. The minimum Gasteiger partial charge on any atom is -0.449 e. The van der Waals surface area contributed by atoms with Crippen molar-refractivity contribution in [3.8, 4) is 0 Å². The molecule has 2 heterocycles. The summed E-state index contributed by atoms with van der Waals surface area (Å²) in [5.74, 6) is -0.810. The number of nitrogens with one attached hydrogen (secondary N) is 2. The van der Waals surface area contributed by atoms with Gasteiger partial charge in [0, 0.05) is 11.8 Å². The van der Waals surface area contributed by atoms with E-state index in [2.05, 4.69) is 20.2 Å². The summed E-state index contributed by atoms with van der Waals surface area (Å²) in [5, 5.41) is 6.16. The van der Waals surface area contributed by atoms with Gasteiger partial charge >= 0.3 is 5.97 Å². The van der Waals surface area contributed by atoms with E-state index < -0.39 is 28.0 Å². The first-order valence-corrected chi connectivity index (χ1v) is 11.1. The number of fused-ring (bicyclic) bond motifs is 1. The Morgan fingerprint density at radius 1 is 1.12 bits per heavy atom. The van der Waals surface area contributed by atoms with E-state index in [0.717, 1.165) is 0 Å². The molecule has 0 aliphatic heterocycles. The highest BCUT2D eigenvalue weighted by molar-refractivity contribution is 7.92. The van der Waals surface area contributed by atoms with Crippen LogP contribution < -0.4 is 10.0 Å². The van der Waals surface area contributed by atoms with Gasteiger partial charge in [-0.1, -0.05) is 11.2 Å². The molecule has 0 fully saturated rings. The molecule has 2 aromatic carbocycles. The number of aromatic nitrogens is 2. The van der Waals surface area contributed by atoms with E-state index in [4.69, 9.17) is 13.7 Å². The number of anilines is 2. The Morgan fingerprint density at radius 3 is 2.58 bits per heavy atom. The van der Waals surface area contributed by atoms with Crippen molar-refractivity contribution < 1.29 is 31.7 Å². The monoisotopic (exact) mass is 470 g/mol. The number of carbonyl (C=O) groups is 2. The highest BCUT2D eigenvalue weighted by atomic mass is 32.2. The number of ether oxygens (including phenoxy) is 1. The highest BCUT2D eigenvalue weighted by Gasteiger charge is 2.22. The van der Waals surface area contributed by atoms with Crippen LogP contribution in [0.25, 0.3) is 11.1 Å². The maximum Gasteiger partial charge on any atom is 0.341 e. The molecule has 170 valence electrons. The molecule has 4 aromatic rings. The minimum atomic E-state index is -3.89. The number of hydrogen-bond donors (Lipinski definition) is 2. The molecular weight excluding hydrogens is 452 g/mol. The zero-order valence-corrected chi connectivity index (χ0v) is 18.3. The van der Waals surface area contributed by atoms with E-state index in [0.29, 0.717) is 22.5 Å². The van der Waals surface area contributed by atoms with E-state index in [1.165, 1.54) is 49.7 Å². The fourth-order valence-electron chi connectivity index (χ4n) is 2.90. The molecule has 0 radical (unpaired) electrons. The average Bonchev–Trinajstić information content (AvgIpc) is 3.42. The van der Waals surface area contributed by atoms with Crippen molar-refractivity contribution in [2.45, 2.75) is 24.8 Å². The van der Waals surface area contributed by atoms with Crippen LogP contribution in [-0.2, 0) is 19.6 Å². The number of para-hydroxylation sites is 1. The Balaban J connectivity index is 1.39. The smallest absolute Gasteiger partial charge is 0.341 e. The summed E-state index contributed by atoms with van der Waals surface area (Å²) >= 11 is 0. The summed E-state index contributed by atoms with van der Waals surface area (Å²) in [7, 11) is -3.89. The predicted molar refractivity (Wildman–Crippen MR) is 116 cm³/mol. The van der Waals surface area contributed by atoms with Crippen LogP contribution in [0.1, 0.15) is 23.0 Å². The van der Waals surface area contributed by atoms with E-state index in [1.54, 1.807) is 19.1 Å². The largest absolute Gasteiger partial charge is 0.449 e. The standard InChI is InChI=1S/C21H18N4O7S/c1-12-10-18(24-32-12)25-33(28,29)15-8-6-14(7-9-15)23-20(26)13(2)31-21(27)16-4-3-5-17-19(16)22-11-30-17/h3-11,13H,1-2H3,(H,23,26)(H,24,25). The number of hydrogen-bond acceptors (Lipinski definition) is 9. The number of esters is 1. The topological polar surface area (TPSA) is 154 Å². The van der Waals surface area contributed by atoms with Crippen LogP contribution in [0.5, 0.6) is 0 Å². The quantitative estimate of drug-likeness (QED) is 0.388. The van der Waals surface area contributed by atoms with E-state index in [1.807, 2.05) is 0 Å². The lowest BCUT2D eigenvalue weighted by molar-refractivity contribution is -0.123. The Bertz CT molecular complexity index is 1420. The second-order valence-electron chi connectivity index (χ2n) is 6.99. The lowest BCUT2D eigenvalue weighted by Gasteiger charge is -2.14. The molecule has 2 N–H and O–H groups in total. The van der Waals surface area contributed by atoms with Crippen molar-refractivity contribution in [3.63, 3.8) is 0 Å². The summed E-state index contributed by atoms with van der Waals surface area (Å²) in [5.41, 5.74) is 1.24. The molecule has 1 unspecified atom stereocenters. The van der Waals surface area contributed by atoms with Crippen molar-refractivity contribution in [1.82, 2.24) is 10.1 Å². The van der Waals surface area contributed by atoms with Gasteiger partial charge in [0.1, 0.15) is 11.3 Å². The van der Waals surface area contributed by atoms with E-state index >= 15 is 0 Å². The van der Waals surface area contributed by atoms with Crippen LogP contribution in [-0.4, -0.2) is 36.5 Å². The molecular formula is C21H18N4O7S. The van der Waals surface area contributed by atoms with Crippen LogP contribution in [0, 0.1) is 6.92 Å². The fourth-order valence-corrected chi connectivity index (χ4v) is 3.88. The average molecular weight is 470 g/mol. The summed E-state index contributed by atoms with van der Waals surface area (Å²) in [4.78, 5) is 28.9. The van der Waals surface area contributed by atoms with Crippen LogP contribution in [0.3, 0.4) is 0 Å². The van der Waals surface area contributed by atoms with E-state index in [-0.39, 0.29) is 16.3 Å². The number of amides is 1. The van der Waals surface area contributed by atoms with Crippen molar-refractivity contribution in [2.75, 3.05) is 10.0 Å². The van der Waals surface area contributed by atoms with Gasteiger partial charge in [-0.05, 0) is 50.2 Å². The fraction of sp³-hybridized carbons (Fsp3) is 0.143. The summed E-state index contributed by atoms with van der Waals surface area (Å²) < 4.78 is 42.4. The lowest BCUT2D eigenvalue weighted by atomic mass is 10.2. The maximum atomic E-state index is 12.5. The second-order valence-corrected chi connectivity index (χ2v) is 8.68. The van der Waals surface area contributed by atoms with Crippen LogP contribution >= 0.6 is 0 Å². The van der Waals surface area contributed by atoms with Gasteiger partial charge in [0.25, 0.3) is 15.9 Å². The van der Waals surface area contributed by atoms with Crippen molar-refractivity contribution in [3.05, 3.63) is 66.2 Å². The SMILES string of the molecule is Cc1cc(NS(=O)(=O)c2ccc(NC(=O)C(C)OC(=O)c3cccc4ocnc34)cc2)no1. The lowest BCUT2D eigenvalue weighted by Crippen LogP contribution is -2.30. The zero-order chi connectivity index (χ0) is 23.6. The van der Waals surface area contributed by atoms with Crippen LogP contribution in [0.2, 0.25) is 0 Å². The van der Waals surface area contributed by atoms with Gasteiger partial charge in [-0.15, -0.1) is 0 Å². The van der Waals surface area contributed by atoms with Crippen molar-refractivity contribution in [1.29, 1.82) is 0 Å². The first-order valence-electron chi connectivity index (χ1n) is 9.63. The van der Waals surface area contributed by atoms with Gasteiger partial charge in [-0.2, -0.15) is 0 Å². The Hall–Kier alpha value is -4.19. The van der Waals surface area contributed by atoms with Crippen LogP contribution in [0.15, 0.2) is 68.8 Å². The summed E-state index contributed by atoms with van der Waals surface area (Å²) in [6, 6.07) is 11.7. The van der Waals surface area contributed by atoms with Gasteiger partial charge in [0.15, 0.2) is 23.9 Å². The predicted octanol–water partition coefficient (Wildman–Crippen LogP) is 3.11. The van der Waals surface area contributed by atoms with Crippen molar-refractivity contribution in [2.24, 2.45) is 0 Å². The molecule has 12 heteroatoms. The maximum absolute atomic E-state index is 12.5. The third kappa shape index (κ3) is 4.85. The Morgan fingerprint density at radius 2 is 1.88 bits per heavy atom. The molecule has 33 heavy (non-hydrogen) atoms. The second kappa shape index (κ2) is 8.74. The molecule has 1 amide bonds. The molecule has 4 rings (SSSR count). The van der Waals surface area contributed by atoms with Gasteiger partial charge in [-0.3, -0.25) is 9.52 Å². The Labute approximate surface area is 187 Å². The first-order chi connectivity index (χ1) is 15.7. The Kier molecular flexibility index (Phi) is 5.84. The number of oxazole rings is 1.